The zero-order valence-corrected chi connectivity index (χ0v) is 22.3. The number of allylic oxidation sites excluding steroid dienone is 1. The number of fused-ring (bicyclic) bond motifs is 1. The van der Waals surface area contributed by atoms with Crippen LogP contribution in [-0.4, -0.2) is 66.4 Å². The number of carbonyl (C=O) groups is 1. The Morgan fingerprint density at radius 1 is 1.28 bits per heavy atom. The molecule has 0 aliphatic carbocycles. The summed E-state index contributed by atoms with van der Waals surface area (Å²) in [5, 5.41) is 15.1. The molecule has 9 nitrogen and oxygen atoms in total. The average molecular weight is 553 g/mol. The van der Waals surface area contributed by atoms with Crippen molar-refractivity contribution < 1.29 is 18.7 Å². The Kier molecular flexibility index (Phi) is 9.45. The minimum Gasteiger partial charge on any atom is -0.490 e. The van der Waals surface area contributed by atoms with E-state index in [-0.39, 0.29) is 17.0 Å². The van der Waals surface area contributed by atoms with Gasteiger partial charge in [0, 0.05) is 74.2 Å². The molecule has 0 bridgehead atoms. The van der Waals surface area contributed by atoms with E-state index in [0.29, 0.717) is 78.4 Å². The Bertz CT molecular complexity index is 1390. The number of ether oxygens (including phenoxy) is 2. The number of likely N-dealkylation sites (tertiary alicyclic amines) is 1. The van der Waals surface area contributed by atoms with Crippen LogP contribution in [0.4, 0.5) is 15.9 Å². The first-order chi connectivity index (χ1) is 18.9. The normalized spacial score (nSPS) is 14.2. The van der Waals surface area contributed by atoms with Crippen LogP contribution in [0.2, 0.25) is 5.02 Å². The van der Waals surface area contributed by atoms with Crippen LogP contribution in [0, 0.1) is 11.2 Å². The first-order valence-corrected chi connectivity index (χ1v) is 12.8. The smallest absolute Gasteiger partial charge is 0.245 e. The Labute approximate surface area is 231 Å². The molecular weight excluding hydrogens is 523 g/mol. The number of halogens is 2. The van der Waals surface area contributed by atoms with Crippen molar-refractivity contribution in [2.75, 3.05) is 38.7 Å². The highest BCUT2D eigenvalue weighted by molar-refractivity contribution is 6.31. The van der Waals surface area contributed by atoms with E-state index in [1.807, 2.05) is 12.1 Å². The van der Waals surface area contributed by atoms with Crippen molar-refractivity contribution in [1.82, 2.24) is 20.2 Å². The molecule has 1 amide bonds. The number of piperidine rings is 1. The lowest BCUT2D eigenvalue weighted by molar-refractivity contribution is -0.127. The maximum absolute atomic E-state index is 13.7. The highest BCUT2D eigenvalue weighted by Crippen LogP contribution is 2.35. The number of aromatic nitrogens is 2. The van der Waals surface area contributed by atoms with Crippen molar-refractivity contribution in [3.8, 4) is 5.75 Å². The number of nitrogens with zero attached hydrogens (tertiary/aromatic N) is 3. The van der Waals surface area contributed by atoms with Gasteiger partial charge in [-0.3, -0.25) is 4.79 Å². The molecule has 204 valence electrons. The molecule has 1 aromatic heterocycles. The standard InChI is InChI=1S/C28H30ClFN6O3/c1-3-27(37)36-9-6-20(7-10-36)39-26-14-22-25(13-21(26)18(15-31)16-32-8-11-38-2)33-17-34-28(22)35-19-4-5-24(30)23(29)12-19/h3-5,12-17,20,31-32H,1,6-11H2,2H3,(H,33,34,35)/b18-16+,31-15?. The maximum Gasteiger partial charge on any atom is 0.245 e. The highest BCUT2D eigenvalue weighted by Gasteiger charge is 2.24. The molecule has 0 saturated carbocycles. The summed E-state index contributed by atoms with van der Waals surface area (Å²) in [7, 11) is 1.62. The summed E-state index contributed by atoms with van der Waals surface area (Å²) in [4.78, 5) is 22.6. The summed E-state index contributed by atoms with van der Waals surface area (Å²) in [6.07, 6.45) is 6.90. The fraction of sp³-hybridized carbons (Fsp3) is 0.286. The number of benzene rings is 2. The molecule has 3 aromatic rings. The van der Waals surface area contributed by atoms with E-state index in [4.69, 9.17) is 26.5 Å². The third-order valence-electron chi connectivity index (χ3n) is 6.32. The highest BCUT2D eigenvalue weighted by atomic mass is 35.5. The first-order valence-electron chi connectivity index (χ1n) is 12.5. The van der Waals surface area contributed by atoms with Crippen molar-refractivity contribution in [2.24, 2.45) is 0 Å². The lowest BCUT2D eigenvalue weighted by Crippen LogP contribution is -2.41. The average Bonchev–Trinajstić information content (AvgIpc) is 2.95. The number of carbonyl (C=O) groups excluding carboxylic acids is 1. The van der Waals surface area contributed by atoms with Gasteiger partial charge in [0.15, 0.2) is 0 Å². The van der Waals surface area contributed by atoms with Crippen LogP contribution in [0.1, 0.15) is 18.4 Å². The summed E-state index contributed by atoms with van der Waals surface area (Å²) in [5.74, 6) is 0.434. The van der Waals surface area contributed by atoms with Gasteiger partial charge in [0.25, 0.3) is 0 Å². The van der Waals surface area contributed by atoms with Crippen LogP contribution in [0.3, 0.4) is 0 Å². The first kappa shape index (κ1) is 28.0. The second-order valence-electron chi connectivity index (χ2n) is 8.88. The number of rotatable bonds is 11. The van der Waals surface area contributed by atoms with Crippen LogP contribution < -0.4 is 15.4 Å². The summed E-state index contributed by atoms with van der Waals surface area (Å²) in [5.41, 5.74) is 2.47. The fourth-order valence-electron chi connectivity index (χ4n) is 4.26. The number of hydrogen-bond acceptors (Lipinski definition) is 8. The number of amides is 1. The topological polar surface area (TPSA) is 112 Å². The van der Waals surface area contributed by atoms with Crippen LogP contribution in [0.15, 0.2) is 55.5 Å². The van der Waals surface area contributed by atoms with E-state index < -0.39 is 5.82 Å². The van der Waals surface area contributed by atoms with Gasteiger partial charge in [0.2, 0.25) is 5.91 Å². The number of methoxy groups -OCH3 is 1. The predicted molar refractivity (Wildman–Crippen MR) is 151 cm³/mol. The van der Waals surface area contributed by atoms with Crippen molar-refractivity contribution in [1.29, 1.82) is 5.41 Å². The molecule has 39 heavy (non-hydrogen) atoms. The summed E-state index contributed by atoms with van der Waals surface area (Å²) >= 11 is 5.97. The Balaban J connectivity index is 1.70. The van der Waals surface area contributed by atoms with Crippen molar-refractivity contribution in [2.45, 2.75) is 18.9 Å². The third-order valence-corrected chi connectivity index (χ3v) is 6.61. The Hall–Kier alpha value is -4.02. The number of nitrogens with one attached hydrogen (secondary N) is 3. The molecule has 0 unspecified atom stereocenters. The van der Waals surface area contributed by atoms with Crippen molar-refractivity contribution >= 4 is 51.7 Å². The third kappa shape index (κ3) is 6.90. The molecule has 3 N–H and O–H groups in total. The van der Waals surface area contributed by atoms with E-state index in [1.165, 1.54) is 30.8 Å². The summed E-state index contributed by atoms with van der Waals surface area (Å²) < 4.78 is 25.3. The Morgan fingerprint density at radius 2 is 2.08 bits per heavy atom. The van der Waals surface area contributed by atoms with Crippen LogP contribution in [0.25, 0.3) is 16.5 Å². The molecule has 4 rings (SSSR count). The molecule has 1 aliphatic heterocycles. The van der Waals surface area contributed by atoms with Crippen molar-refractivity contribution in [3.05, 3.63) is 71.9 Å². The van der Waals surface area contributed by atoms with Gasteiger partial charge in [0.1, 0.15) is 29.8 Å². The SMILES string of the molecule is C=CC(=O)N1CCC(Oc2cc3c(Nc4ccc(F)c(Cl)c4)ncnc3cc2/C(C=N)=C/NCCOC)CC1. The predicted octanol–water partition coefficient (Wildman–Crippen LogP) is 4.95. The van der Waals surface area contributed by atoms with Gasteiger partial charge in [0.05, 0.1) is 17.1 Å². The summed E-state index contributed by atoms with van der Waals surface area (Å²) in [6, 6.07) is 8.02. The van der Waals surface area contributed by atoms with E-state index in [1.54, 1.807) is 24.3 Å². The van der Waals surface area contributed by atoms with E-state index in [2.05, 4.69) is 27.2 Å². The van der Waals surface area contributed by atoms with Gasteiger partial charge >= 0.3 is 0 Å². The fourth-order valence-corrected chi connectivity index (χ4v) is 4.44. The molecule has 11 heteroatoms. The van der Waals surface area contributed by atoms with Crippen LogP contribution >= 0.6 is 11.6 Å². The molecule has 2 aromatic carbocycles. The lowest BCUT2D eigenvalue weighted by Gasteiger charge is -2.32. The van der Waals surface area contributed by atoms with Crippen molar-refractivity contribution in [3.63, 3.8) is 0 Å². The van der Waals surface area contributed by atoms with E-state index in [0.717, 1.165) is 0 Å². The minimum absolute atomic E-state index is 0.00677. The van der Waals surface area contributed by atoms with Gasteiger partial charge < -0.3 is 30.4 Å². The maximum atomic E-state index is 13.7. The molecule has 1 saturated heterocycles. The van der Waals surface area contributed by atoms with Crippen LogP contribution in [0.5, 0.6) is 5.75 Å². The summed E-state index contributed by atoms with van der Waals surface area (Å²) in [6.45, 7) is 5.78. The molecule has 1 aliphatic rings. The van der Waals surface area contributed by atoms with Crippen LogP contribution in [-0.2, 0) is 9.53 Å². The molecule has 0 atom stereocenters. The molecule has 0 radical (unpaired) electrons. The lowest BCUT2D eigenvalue weighted by atomic mass is 10.0. The molecule has 1 fully saturated rings. The molecule has 2 heterocycles. The number of anilines is 2. The minimum atomic E-state index is -0.513. The van der Waals surface area contributed by atoms with E-state index in [9.17, 15) is 9.18 Å². The second kappa shape index (κ2) is 13.2. The van der Waals surface area contributed by atoms with E-state index >= 15 is 0 Å². The molecule has 0 spiro atoms. The zero-order valence-electron chi connectivity index (χ0n) is 21.5. The quantitative estimate of drug-likeness (QED) is 0.175. The van der Waals surface area contributed by atoms with Gasteiger partial charge in [-0.15, -0.1) is 0 Å². The largest absolute Gasteiger partial charge is 0.490 e. The van der Waals surface area contributed by atoms with Gasteiger partial charge in [-0.2, -0.15) is 0 Å². The monoisotopic (exact) mass is 552 g/mol. The Morgan fingerprint density at radius 3 is 2.77 bits per heavy atom. The number of hydrogen-bond donors (Lipinski definition) is 3. The zero-order chi connectivity index (χ0) is 27.8. The van der Waals surface area contributed by atoms with Gasteiger partial charge in [-0.25, -0.2) is 14.4 Å². The van der Waals surface area contributed by atoms with Gasteiger partial charge in [-0.1, -0.05) is 18.2 Å². The van der Waals surface area contributed by atoms with Gasteiger partial charge in [-0.05, 0) is 36.4 Å². The second-order valence-corrected chi connectivity index (χ2v) is 9.29. The molecular formula is C28H30ClFN6O3.